The number of anilines is 1. The van der Waals surface area contributed by atoms with Gasteiger partial charge in [-0.05, 0) is 42.5 Å². The summed E-state index contributed by atoms with van der Waals surface area (Å²) in [5.41, 5.74) is 1.98. The van der Waals surface area contributed by atoms with Gasteiger partial charge in [0.15, 0.2) is 0 Å². The van der Waals surface area contributed by atoms with Gasteiger partial charge in [-0.2, -0.15) is 0 Å². The zero-order valence-corrected chi connectivity index (χ0v) is 17.7. The third kappa shape index (κ3) is 4.73. The van der Waals surface area contributed by atoms with Crippen LogP contribution in [0.2, 0.25) is 10.2 Å². The molecule has 0 unspecified atom stereocenters. The lowest BCUT2D eigenvalue weighted by Crippen LogP contribution is -2.50. The molecule has 1 aromatic heterocycles. The Balaban J connectivity index is 1.33. The van der Waals surface area contributed by atoms with Crippen LogP contribution in [0.1, 0.15) is 10.4 Å². The maximum atomic E-state index is 12.9. The number of fused-ring (bicyclic) bond motifs is 1. The van der Waals surface area contributed by atoms with Gasteiger partial charge in [-0.15, -0.1) is 0 Å². The van der Waals surface area contributed by atoms with E-state index in [4.69, 9.17) is 23.2 Å². The van der Waals surface area contributed by atoms with Crippen molar-refractivity contribution in [1.29, 1.82) is 0 Å². The van der Waals surface area contributed by atoms with Crippen molar-refractivity contribution in [2.75, 3.05) is 38.0 Å². The maximum absolute atomic E-state index is 12.9. The molecule has 0 spiro atoms. The van der Waals surface area contributed by atoms with Crippen molar-refractivity contribution in [3.05, 3.63) is 70.3 Å². The van der Waals surface area contributed by atoms with E-state index in [1.165, 1.54) is 0 Å². The van der Waals surface area contributed by atoms with Crippen LogP contribution in [-0.2, 0) is 4.79 Å². The number of carbonyl (C=O) groups excluding carboxylic acids is 2. The molecular weight excluding hydrogens is 423 g/mol. The van der Waals surface area contributed by atoms with Gasteiger partial charge >= 0.3 is 0 Å². The molecule has 2 heterocycles. The summed E-state index contributed by atoms with van der Waals surface area (Å²) in [6, 6.07) is 16.1. The highest BCUT2D eigenvalue weighted by Gasteiger charge is 2.23. The first-order valence-corrected chi connectivity index (χ1v) is 10.4. The summed E-state index contributed by atoms with van der Waals surface area (Å²) in [5.74, 6) is -0.143. The molecule has 1 aliphatic rings. The van der Waals surface area contributed by atoms with Crippen LogP contribution in [-0.4, -0.2) is 59.3 Å². The number of rotatable bonds is 4. The zero-order valence-electron chi connectivity index (χ0n) is 16.1. The number of carbonyl (C=O) groups is 2. The monoisotopic (exact) mass is 442 g/mol. The Morgan fingerprint density at radius 1 is 0.967 bits per heavy atom. The number of amides is 2. The molecule has 154 valence electrons. The molecule has 4 rings (SSSR count). The maximum Gasteiger partial charge on any atom is 0.253 e. The lowest BCUT2D eigenvalue weighted by molar-refractivity contribution is -0.117. The van der Waals surface area contributed by atoms with E-state index in [0.29, 0.717) is 47.6 Å². The van der Waals surface area contributed by atoms with Crippen LogP contribution in [0.3, 0.4) is 0 Å². The Hall–Kier alpha value is -2.67. The molecule has 0 bridgehead atoms. The van der Waals surface area contributed by atoms with Crippen molar-refractivity contribution in [2.45, 2.75) is 0 Å². The fraction of sp³-hybridized carbons (Fsp3) is 0.227. The van der Waals surface area contributed by atoms with Crippen LogP contribution in [0.25, 0.3) is 10.9 Å². The molecule has 0 radical (unpaired) electrons. The highest BCUT2D eigenvalue weighted by atomic mass is 35.5. The largest absolute Gasteiger partial charge is 0.336 e. The number of nitrogens with one attached hydrogen (secondary N) is 1. The highest BCUT2D eigenvalue weighted by Crippen LogP contribution is 2.21. The number of hydrogen-bond donors (Lipinski definition) is 1. The summed E-state index contributed by atoms with van der Waals surface area (Å²) in [6.45, 7) is 2.65. The quantitative estimate of drug-likeness (QED) is 0.621. The third-order valence-electron chi connectivity index (χ3n) is 5.08. The zero-order chi connectivity index (χ0) is 21.1. The van der Waals surface area contributed by atoms with Crippen molar-refractivity contribution in [3.63, 3.8) is 0 Å². The number of piperazine rings is 1. The van der Waals surface area contributed by atoms with E-state index in [0.717, 1.165) is 10.9 Å². The summed E-state index contributed by atoms with van der Waals surface area (Å²) < 4.78 is 0. The van der Waals surface area contributed by atoms with E-state index in [1.807, 2.05) is 40.1 Å². The first-order valence-electron chi connectivity index (χ1n) is 9.62. The van der Waals surface area contributed by atoms with Crippen molar-refractivity contribution in [1.82, 2.24) is 14.8 Å². The molecule has 1 saturated heterocycles. The number of hydrogen-bond acceptors (Lipinski definition) is 4. The summed E-state index contributed by atoms with van der Waals surface area (Å²) in [7, 11) is 0. The van der Waals surface area contributed by atoms with Gasteiger partial charge in [-0.25, -0.2) is 4.98 Å². The Morgan fingerprint density at radius 3 is 2.50 bits per heavy atom. The molecule has 2 amide bonds. The summed E-state index contributed by atoms with van der Waals surface area (Å²) in [5, 5.41) is 4.64. The van der Waals surface area contributed by atoms with E-state index in [2.05, 4.69) is 10.3 Å². The molecule has 8 heteroatoms. The Kier molecular flexibility index (Phi) is 6.18. The van der Waals surface area contributed by atoms with Crippen molar-refractivity contribution in [2.24, 2.45) is 0 Å². The number of nitrogens with zero attached hydrogens (tertiary/aromatic N) is 3. The number of pyridine rings is 1. The average Bonchev–Trinajstić information content (AvgIpc) is 2.75. The van der Waals surface area contributed by atoms with Gasteiger partial charge < -0.3 is 10.2 Å². The Morgan fingerprint density at radius 2 is 1.73 bits per heavy atom. The fourth-order valence-corrected chi connectivity index (χ4v) is 3.82. The minimum Gasteiger partial charge on any atom is -0.336 e. The standard InChI is InChI=1S/C22H20Cl2N4O2/c23-17-3-1-2-4-19(17)26-21(29)14-27-9-11-28(12-10-27)22(30)16-5-7-18-15(13-16)6-8-20(24)25-18/h1-8,13H,9-12,14H2,(H,26,29). The molecule has 6 nitrogen and oxygen atoms in total. The number of aromatic nitrogens is 1. The SMILES string of the molecule is O=C(CN1CCN(C(=O)c2ccc3nc(Cl)ccc3c2)CC1)Nc1ccccc1Cl. The minimum atomic E-state index is -0.122. The molecule has 1 fully saturated rings. The van der Waals surface area contributed by atoms with Crippen molar-refractivity contribution < 1.29 is 9.59 Å². The molecule has 3 aromatic rings. The van der Waals surface area contributed by atoms with Gasteiger partial charge in [0.05, 0.1) is 22.8 Å². The molecule has 0 atom stereocenters. The van der Waals surface area contributed by atoms with Gasteiger partial charge in [0, 0.05) is 37.1 Å². The molecule has 2 aromatic carbocycles. The van der Waals surface area contributed by atoms with Gasteiger partial charge in [0.25, 0.3) is 5.91 Å². The second-order valence-corrected chi connectivity index (χ2v) is 7.93. The fourth-order valence-electron chi connectivity index (χ4n) is 3.48. The molecule has 0 saturated carbocycles. The highest BCUT2D eigenvalue weighted by molar-refractivity contribution is 6.33. The van der Waals surface area contributed by atoms with Gasteiger partial charge in [0.2, 0.25) is 5.91 Å². The van der Waals surface area contributed by atoms with E-state index < -0.39 is 0 Å². The number of benzene rings is 2. The van der Waals surface area contributed by atoms with Gasteiger partial charge in [-0.1, -0.05) is 35.3 Å². The second-order valence-electron chi connectivity index (χ2n) is 7.14. The number of para-hydroxylation sites is 1. The van der Waals surface area contributed by atoms with Crippen LogP contribution in [0.4, 0.5) is 5.69 Å². The molecule has 1 N–H and O–H groups in total. The third-order valence-corrected chi connectivity index (χ3v) is 5.62. The molecule has 0 aliphatic carbocycles. The van der Waals surface area contributed by atoms with Crippen LogP contribution in [0, 0.1) is 0 Å². The van der Waals surface area contributed by atoms with Gasteiger partial charge in [0.1, 0.15) is 5.15 Å². The first-order chi connectivity index (χ1) is 14.5. The average molecular weight is 443 g/mol. The summed E-state index contributed by atoms with van der Waals surface area (Å²) in [6.07, 6.45) is 0. The molecule has 1 aliphatic heterocycles. The predicted octanol–water partition coefficient (Wildman–Crippen LogP) is 3.94. The van der Waals surface area contributed by atoms with Crippen LogP contribution in [0.5, 0.6) is 0 Å². The van der Waals surface area contributed by atoms with Gasteiger partial charge in [-0.3, -0.25) is 14.5 Å². The van der Waals surface area contributed by atoms with Crippen molar-refractivity contribution >= 4 is 51.6 Å². The number of halogens is 2. The van der Waals surface area contributed by atoms with Crippen LogP contribution in [0.15, 0.2) is 54.6 Å². The Bertz CT molecular complexity index is 1100. The summed E-state index contributed by atoms with van der Waals surface area (Å²) >= 11 is 12.0. The smallest absolute Gasteiger partial charge is 0.253 e. The van der Waals surface area contributed by atoms with Crippen LogP contribution >= 0.6 is 23.2 Å². The topological polar surface area (TPSA) is 65.5 Å². The van der Waals surface area contributed by atoms with E-state index in [-0.39, 0.29) is 18.4 Å². The van der Waals surface area contributed by atoms with Crippen molar-refractivity contribution in [3.8, 4) is 0 Å². The van der Waals surface area contributed by atoms with Crippen LogP contribution < -0.4 is 5.32 Å². The molecule has 30 heavy (non-hydrogen) atoms. The normalized spacial score (nSPS) is 14.7. The summed E-state index contributed by atoms with van der Waals surface area (Å²) in [4.78, 5) is 33.3. The second kappa shape index (κ2) is 9.00. The first kappa shape index (κ1) is 20.6. The molecular formula is C22H20Cl2N4O2. The lowest BCUT2D eigenvalue weighted by Gasteiger charge is -2.34. The van der Waals surface area contributed by atoms with E-state index in [1.54, 1.807) is 24.3 Å². The predicted molar refractivity (Wildman–Crippen MR) is 119 cm³/mol. The lowest BCUT2D eigenvalue weighted by atomic mass is 10.1. The van der Waals surface area contributed by atoms with E-state index in [9.17, 15) is 9.59 Å². The Labute approximate surface area is 184 Å². The minimum absolute atomic E-state index is 0.0213. The van der Waals surface area contributed by atoms with E-state index >= 15 is 0 Å².